The van der Waals surface area contributed by atoms with Gasteiger partial charge in [-0.2, -0.15) is 0 Å². The molecule has 116 valence electrons. The topological polar surface area (TPSA) is 50.2 Å². The van der Waals surface area contributed by atoms with Gasteiger partial charge in [-0.05, 0) is 22.9 Å². The maximum atomic E-state index is 12.0. The van der Waals surface area contributed by atoms with Gasteiger partial charge in [0.1, 0.15) is 11.5 Å². The van der Waals surface area contributed by atoms with E-state index < -0.39 is 5.41 Å². The number of hydrogen-bond donors (Lipinski definition) is 1. The van der Waals surface area contributed by atoms with E-state index in [2.05, 4.69) is 31.0 Å². The monoisotopic (exact) mass is 297 g/mol. The van der Waals surface area contributed by atoms with Crippen molar-refractivity contribution in [2.45, 2.75) is 40.5 Å². The number of aliphatic hydroxyl groups is 1. The summed E-state index contributed by atoms with van der Waals surface area (Å²) in [6.45, 7) is 9.75. The van der Waals surface area contributed by atoms with Crippen LogP contribution in [-0.4, -0.2) is 15.9 Å². The number of aliphatic hydroxyl groups excluding tert-OH is 1. The van der Waals surface area contributed by atoms with Gasteiger partial charge in [0.05, 0.1) is 0 Å². The first-order valence-corrected chi connectivity index (χ1v) is 7.53. The minimum atomic E-state index is -0.518. The molecular weight excluding hydrogens is 274 g/mol. The number of hydrogen-bond acceptors (Lipinski definition) is 3. The molecule has 2 aromatic rings. The number of nitrogens with zero attached hydrogens (tertiary/aromatic N) is 1. The molecule has 0 spiro atoms. The number of benzene rings is 1. The summed E-state index contributed by atoms with van der Waals surface area (Å²) in [6.07, 6.45) is 2.99. The molecule has 0 aliphatic rings. The average Bonchev–Trinajstić information content (AvgIpc) is 2.44. The van der Waals surface area contributed by atoms with Gasteiger partial charge in [-0.1, -0.05) is 52.8 Å². The molecule has 0 bridgehead atoms. The first-order chi connectivity index (χ1) is 10.2. The third kappa shape index (κ3) is 3.53. The van der Waals surface area contributed by atoms with Crippen LogP contribution in [0.3, 0.4) is 0 Å². The number of carbonyl (C=O) groups is 1. The summed E-state index contributed by atoms with van der Waals surface area (Å²) >= 11 is 0. The zero-order valence-electron chi connectivity index (χ0n) is 13.8. The Balaban J connectivity index is 2.44. The summed E-state index contributed by atoms with van der Waals surface area (Å²) in [6, 6.07) is 8.04. The van der Waals surface area contributed by atoms with Gasteiger partial charge in [0.15, 0.2) is 5.78 Å². The molecule has 0 radical (unpaired) electrons. The molecule has 0 saturated heterocycles. The van der Waals surface area contributed by atoms with Crippen LogP contribution in [0.15, 0.2) is 36.5 Å². The van der Waals surface area contributed by atoms with Crippen LogP contribution < -0.4 is 0 Å². The Labute approximate surface area is 131 Å². The van der Waals surface area contributed by atoms with Crippen molar-refractivity contribution in [1.29, 1.82) is 0 Å². The highest BCUT2D eigenvalue weighted by atomic mass is 16.3. The Morgan fingerprint density at radius 2 is 1.86 bits per heavy atom. The summed E-state index contributed by atoms with van der Waals surface area (Å²) < 4.78 is 0. The number of ketones is 1. The van der Waals surface area contributed by atoms with Gasteiger partial charge in [0, 0.05) is 23.1 Å². The molecule has 1 aromatic carbocycles. The fourth-order valence-electron chi connectivity index (χ4n) is 2.07. The number of carbonyl (C=O) groups excluding carboxylic acids is 1. The number of allylic oxidation sites excluding steroid dienone is 1. The lowest BCUT2D eigenvalue weighted by molar-refractivity contribution is -0.121. The molecular formula is C19H23NO2. The fourth-order valence-corrected chi connectivity index (χ4v) is 2.07. The van der Waals surface area contributed by atoms with Crippen LogP contribution in [0.5, 0.6) is 0 Å². The Kier molecular flexibility index (Phi) is 4.36. The van der Waals surface area contributed by atoms with Crippen LogP contribution in [0.2, 0.25) is 0 Å². The predicted molar refractivity (Wildman–Crippen MR) is 90.9 cm³/mol. The van der Waals surface area contributed by atoms with Crippen molar-refractivity contribution in [3.8, 4) is 0 Å². The lowest BCUT2D eigenvalue weighted by Crippen LogP contribution is -2.17. The van der Waals surface area contributed by atoms with Crippen LogP contribution >= 0.6 is 0 Å². The molecule has 3 heteroatoms. The zero-order chi connectivity index (χ0) is 16.5. The Morgan fingerprint density at radius 3 is 2.45 bits per heavy atom. The van der Waals surface area contributed by atoms with Crippen molar-refractivity contribution in [2.24, 2.45) is 5.41 Å². The van der Waals surface area contributed by atoms with E-state index in [-0.39, 0.29) is 11.5 Å². The average molecular weight is 297 g/mol. The van der Waals surface area contributed by atoms with Crippen LogP contribution in [0.25, 0.3) is 16.5 Å². The second-order valence-corrected chi connectivity index (χ2v) is 6.97. The first-order valence-electron chi connectivity index (χ1n) is 7.53. The summed E-state index contributed by atoms with van der Waals surface area (Å²) in [5.74, 6) is 0.229. The van der Waals surface area contributed by atoms with Crippen LogP contribution in [-0.2, 0) is 4.79 Å². The van der Waals surface area contributed by atoms with Crippen molar-refractivity contribution in [2.75, 3.05) is 0 Å². The zero-order valence-corrected chi connectivity index (χ0v) is 13.8. The highest BCUT2D eigenvalue weighted by molar-refractivity contribution is 5.99. The van der Waals surface area contributed by atoms with Crippen molar-refractivity contribution in [3.05, 3.63) is 47.8 Å². The Morgan fingerprint density at radius 1 is 1.18 bits per heavy atom. The summed E-state index contributed by atoms with van der Waals surface area (Å²) in [5.41, 5.74) is 1.14. The fraction of sp³-hybridized carbons (Fsp3) is 0.368. The van der Waals surface area contributed by atoms with Crippen LogP contribution in [0.4, 0.5) is 0 Å². The van der Waals surface area contributed by atoms with Gasteiger partial charge < -0.3 is 5.11 Å². The van der Waals surface area contributed by atoms with E-state index in [0.717, 1.165) is 10.8 Å². The minimum absolute atomic E-state index is 0.0863. The van der Waals surface area contributed by atoms with Crippen molar-refractivity contribution >= 4 is 22.3 Å². The molecule has 0 aliphatic heterocycles. The van der Waals surface area contributed by atoms with E-state index in [4.69, 9.17) is 0 Å². The van der Waals surface area contributed by atoms with Crippen molar-refractivity contribution in [1.82, 2.24) is 4.98 Å². The summed E-state index contributed by atoms with van der Waals surface area (Å²) in [7, 11) is 0. The quantitative estimate of drug-likeness (QED) is 0.649. The number of aromatic nitrogens is 1. The van der Waals surface area contributed by atoms with Gasteiger partial charge in [0.25, 0.3) is 0 Å². The molecule has 1 aromatic heterocycles. The minimum Gasteiger partial charge on any atom is -0.506 e. The van der Waals surface area contributed by atoms with Crippen molar-refractivity contribution in [3.63, 3.8) is 0 Å². The van der Waals surface area contributed by atoms with E-state index >= 15 is 0 Å². The van der Waals surface area contributed by atoms with E-state index in [9.17, 15) is 9.90 Å². The maximum Gasteiger partial charge on any atom is 0.164 e. The second-order valence-electron chi connectivity index (χ2n) is 6.97. The molecule has 1 heterocycles. The summed E-state index contributed by atoms with van der Waals surface area (Å²) in [5, 5.41) is 12.2. The lowest BCUT2D eigenvalue weighted by atomic mass is 9.90. The molecule has 0 atom stereocenters. The summed E-state index contributed by atoms with van der Waals surface area (Å²) in [4.78, 5) is 16.2. The first kappa shape index (κ1) is 16.2. The highest BCUT2D eigenvalue weighted by Gasteiger charge is 2.20. The van der Waals surface area contributed by atoms with Gasteiger partial charge in [0.2, 0.25) is 0 Å². The number of fused-ring (bicyclic) bond motifs is 1. The van der Waals surface area contributed by atoms with Crippen LogP contribution in [0, 0.1) is 5.41 Å². The number of rotatable bonds is 3. The van der Waals surface area contributed by atoms with Gasteiger partial charge >= 0.3 is 0 Å². The lowest BCUT2D eigenvalue weighted by Gasteiger charge is -2.13. The van der Waals surface area contributed by atoms with Gasteiger partial charge in [-0.3, -0.25) is 9.78 Å². The molecule has 0 unspecified atom stereocenters. The maximum absolute atomic E-state index is 12.0. The third-order valence-corrected chi connectivity index (χ3v) is 3.68. The molecule has 0 aliphatic carbocycles. The van der Waals surface area contributed by atoms with E-state index in [1.54, 1.807) is 6.20 Å². The third-order valence-electron chi connectivity index (χ3n) is 3.68. The van der Waals surface area contributed by atoms with Gasteiger partial charge in [-0.15, -0.1) is 0 Å². The molecule has 2 rings (SSSR count). The van der Waals surface area contributed by atoms with E-state index in [1.165, 1.54) is 11.6 Å². The molecule has 3 nitrogen and oxygen atoms in total. The van der Waals surface area contributed by atoms with Crippen molar-refractivity contribution < 1.29 is 9.90 Å². The predicted octanol–water partition coefficient (Wildman–Crippen LogP) is 4.87. The molecule has 0 fully saturated rings. The smallest absolute Gasteiger partial charge is 0.164 e. The second kappa shape index (κ2) is 5.91. The standard InChI is InChI=1S/C19H23NO2/c1-12(2)13-6-7-14-11-20-16(9-15(14)8-13)17(21)10-18(22)19(3,4)5/h6-12,21H,1-5H3. The van der Waals surface area contributed by atoms with E-state index in [1.807, 2.05) is 32.9 Å². The van der Waals surface area contributed by atoms with Gasteiger partial charge in [-0.25, -0.2) is 0 Å². The highest BCUT2D eigenvalue weighted by Crippen LogP contribution is 2.24. The normalized spacial score (nSPS) is 12.9. The molecule has 0 amide bonds. The largest absolute Gasteiger partial charge is 0.506 e. The molecule has 1 N–H and O–H groups in total. The Hall–Kier alpha value is -2.16. The SMILES string of the molecule is CC(C)c1ccc2cnc(C(O)=CC(=O)C(C)(C)C)cc2c1. The molecule has 0 saturated carbocycles. The Bertz CT molecular complexity index is 737. The van der Waals surface area contributed by atoms with E-state index in [0.29, 0.717) is 11.6 Å². The molecule has 22 heavy (non-hydrogen) atoms. The number of pyridine rings is 1. The van der Waals surface area contributed by atoms with Crippen LogP contribution in [0.1, 0.15) is 51.8 Å².